The largest absolute Gasteiger partial charge is 0.487 e. The van der Waals surface area contributed by atoms with E-state index in [1.165, 1.54) is 35.8 Å². The fourth-order valence-corrected chi connectivity index (χ4v) is 2.79. The number of halogens is 2. The summed E-state index contributed by atoms with van der Waals surface area (Å²) in [7, 11) is 0. The number of primary amides is 1. The molecule has 0 aliphatic carbocycles. The predicted octanol–water partition coefficient (Wildman–Crippen LogP) is 3.43. The second kappa shape index (κ2) is 7.24. The molecule has 0 saturated carbocycles. The average molecular weight is 342 g/mol. The Balaban J connectivity index is 2.02. The Morgan fingerprint density at radius 3 is 3.00 bits per heavy atom. The highest BCUT2D eigenvalue weighted by Crippen LogP contribution is 2.27. The number of ether oxygens (including phenoxy) is 1. The Morgan fingerprint density at radius 1 is 1.55 bits per heavy atom. The number of hydrogen-bond acceptors (Lipinski definition) is 4. The number of amides is 2. The fourth-order valence-electron chi connectivity index (χ4n) is 1.66. The van der Waals surface area contributed by atoms with Gasteiger partial charge in [0.1, 0.15) is 18.2 Å². The molecular formula is C14H13ClFN3O2S. The van der Waals surface area contributed by atoms with Crippen molar-refractivity contribution in [1.82, 2.24) is 5.43 Å². The van der Waals surface area contributed by atoms with E-state index in [0.29, 0.717) is 12.4 Å². The highest BCUT2D eigenvalue weighted by atomic mass is 35.5. The van der Waals surface area contributed by atoms with E-state index in [9.17, 15) is 9.18 Å². The third-order valence-corrected chi connectivity index (χ3v) is 4.01. The van der Waals surface area contributed by atoms with Crippen LogP contribution in [0.4, 0.5) is 9.18 Å². The van der Waals surface area contributed by atoms with Crippen LogP contribution in [0.3, 0.4) is 0 Å². The summed E-state index contributed by atoms with van der Waals surface area (Å²) >= 11 is 7.40. The lowest BCUT2D eigenvalue weighted by Crippen LogP contribution is -2.24. The summed E-state index contributed by atoms with van der Waals surface area (Å²) in [5.74, 6) is 0.00351. The Bertz CT molecular complexity index is 718. The molecule has 3 N–H and O–H groups in total. The van der Waals surface area contributed by atoms with Gasteiger partial charge in [-0.05, 0) is 31.2 Å². The number of nitrogens with one attached hydrogen (secondary N) is 1. The predicted molar refractivity (Wildman–Crippen MR) is 85.1 cm³/mol. The van der Waals surface area contributed by atoms with Crippen molar-refractivity contribution < 1.29 is 13.9 Å². The van der Waals surface area contributed by atoms with Gasteiger partial charge < -0.3 is 10.5 Å². The summed E-state index contributed by atoms with van der Waals surface area (Å²) in [6.45, 7) is 2.24. The molecule has 22 heavy (non-hydrogen) atoms. The maximum atomic E-state index is 13.0. The van der Waals surface area contributed by atoms with E-state index in [-0.39, 0.29) is 5.02 Å². The standard InChI is InChI=1S/C14H13ClFN3O2S/c1-8-9(4-11(22-8)6-18-19-14(17)20)7-21-13-3-2-10(16)5-12(13)15/h2-6H,7H2,1H3,(H3,17,19,20)/b18-6-. The molecule has 116 valence electrons. The van der Waals surface area contributed by atoms with E-state index in [1.807, 2.05) is 13.0 Å². The number of carbonyl (C=O) groups excluding carboxylic acids is 1. The third kappa shape index (κ3) is 4.44. The maximum absolute atomic E-state index is 13.0. The van der Waals surface area contributed by atoms with Crippen LogP contribution in [0.15, 0.2) is 29.4 Å². The van der Waals surface area contributed by atoms with Gasteiger partial charge >= 0.3 is 6.03 Å². The summed E-state index contributed by atoms with van der Waals surface area (Å²) in [6, 6.07) is 5.13. The zero-order valence-electron chi connectivity index (χ0n) is 11.6. The van der Waals surface area contributed by atoms with Crippen LogP contribution < -0.4 is 15.9 Å². The molecule has 0 radical (unpaired) electrons. The Morgan fingerprint density at radius 2 is 2.32 bits per heavy atom. The van der Waals surface area contributed by atoms with Gasteiger partial charge in [0.05, 0.1) is 11.2 Å². The molecule has 0 bridgehead atoms. The lowest BCUT2D eigenvalue weighted by Gasteiger charge is -2.07. The van der Waals surface area contributed by atoms with Gasteiger partial charge in [-0.2, -0.15) is 5.10 Å². The summed E-state index contributed by atoms with van der Waals surface area (Å²) in [4.78, 5) is 12.4. The van der Waals surface area contributed by atoms with Gasteiger partial charge in [0.2, 0.25) is 0 Å². The monoisotopic (exact) mass is 341 g/mol. The first-order valence-corrected chi connectivity index (χ1v) is 7.41. The van der Waals surface area contributed by atoms with E-state index < -0.39 is 11.8 Å². The van der Waals surface area contributed by atoms with Gasteiger partial charge in [0.25, 0.3) is 0 Å². The van der Waals surface area contributed by atoms with E-state index in [1.54, 1.807) is 0 Å². The van der Waals surface area contributed by atoms with E-state index in [0.717, 1.165) is 15.3 Å². The molecule has 2 aromatic rings. The molecule has 1 aromatic heterocycles. The highest BCUT2D eigenvalue weighted by molar-refractivity contribution is 7.13. The van der Waals surface area contributed by atoms with Crippen LogP contribution in [-0.2, 0) is 6.61 Å². The molecule has 0 aliphatic heterocycles. The number of aryl methyl sites for hydroxylation is 1. The Labute approximate surface area is 135 Å². The molecule has 0 saturated heterocycles. The maximum Gasteiger partial charge on any atom is 0.332 e. The average Bonchev–Trinajstić information content (AvgIpc) is 2.78. The number of carbonyl (C=O) groups is 1. The highest BCUT2D eigenvalue weighted by Gasteiger charge is 2.08. The molecule has 0 fully saturated rings. The molecule has 0 aliphatic rings. The van der Waals surface area contributed by atoms with Gasteiger partial charge in [0.15, 0.2) is 0 Å². The van der Waals surface area contributed by atoms with Crippen LogP contribution in [0, 0.1) is 12.7 Å². The molecule has 5 nitrogen and oxygen atoms in total. The first kappa shape index (κ1) is 16.3. The number of benzene rings is 1. The van der Waals surface area contributed by atoms with E-state index in [4.69, 9.17) is 22.1 Å². The van der Waals surface area contributed by atoms with Crippen molar-refractivity contribution in [2.45, 2.75) is 13.5 Å². The number of nitrogens with two attached hydrogens (primary N) is 1. The zero-order chi connectivity index (χ0) is 16.1. The van der Waals surface area contributed by atoms with Gasteiger partial charge in [-0.3, -0.25) is 0 Å². The lowest BCUT2D eigenvalue weighted by molar-refractivity contribution is 0.249. The summed E-state index contributed by atoms with van der Waals surface area (Å²) in [5, 5.41) is 3.92. The summed E-state index contributed by atoms with van der Waals surface area (Å²) in [5.41, 5.74) is 7.98. The first-order valence-electron chi connectivity index (χ1n) is 6.21. The molecule has 0 unspecified atom stereocenters. The molecule has 0 atom stereocenters. The first-order chi connectivity index (χ1) is 10.5. The molecule has 1 aromatic carbocycles. The lowest BCUT2D eigenvalue weighted by atomic mass is 10.2. The van der Waals surface area contributed by atoms with Crippen molar-refractivity contribution >= 4 is 35.2 Å². The number of nitrogens with zero attached hydrogens (tertiary/aromatic N) is 1. The number of rotatable bonds is 5. The molecular weight excluding hydrogens is 329 g/mol. The number of hydrogen-bond donors (Lipinski definition) is 2. The van der Waals surface area contributed by atoms with Crippen molar-refractivity contribution in [2.24, 2.45) is 10.8 Å². The second-order valence-electron chi connectivity index (χ2n) is 4.33. The summed E-state index contributed by atoms with van der Waals surface area (Å²) in [6.07, 6.45) is 1.50. The van der Waals surface area contributed by atoms with E-state index >= 15 is 0 Å². The van der Waals surface area contributed by atoms with Crippen LogP contribution in [-0.4, -0.2) is 12.2 Å². The smallest absolute Gasteiger partial charge is 0.332 e. The second-order valence-corrected chi connectivity index (χ2v) is 6.02. The van der Waals surface area contributed by atoms with Crippen molar-refractivity contribution in [3.8, 4) is 5.75 Å². The minimum absolute atomic E-state index is 0.223. The SMILES string of the molecule is Cc1sc(/C=N\NC(N)=O)cc1COc1ccc(F)cc1Cl. The Hall–Kier alpha value is -2.12. The number of thiophene rings is 1. The van der Waals surface area contributed by atoms with Crippen molar-refractivity contribution in [1.29, 1.82) is 0 Å². The Kier molecular flexibility index (Phi) is 5.35. The quantitative estimate of drug-likeness (QED) is 0.645. The van der Waals surface area contributed by atoms with Gasteiger partial charge in [-0.25, -0.2) is 14.6 Å². The third-order valence-electron chi connectivity index (χ3n) is 2.68. The van der Waals surface area contributed by atoms with Crippen molar-refractivity contribution in [3.63, 3.8) is 0 Å². The van der Waals surface area contributed by atoms with Crippen LogP contribution in [0.2, 0.25) is 5.02 Å². The van der Waals surface area contributed by atoms with Crippen LogP contribution >= 0.6 is 22.9 Å². The van der Waals surface area contributed by atoms with E-state index in [2.05, 4.69) is 10.5 Å². The fraction of sp³-hybridized carbons (Fsp3) is 0.143. The van der Waals surface area contributed by atoms with Crippen LogP contribution in [0.1, 0.15) is 15.3 Å². The van der Waals surface area contributed by atoms with Crippen LogP contribution in [0.5, 0.6) is 5.75 Å². The van der Waals surface area contributed by atoms with Gasteiger partial charge in [0, 0.05) is 15.3 Å². The number of urea groups is 1. The van der Waals surface area contributed by atoms with Crippen molar-refractivity contribution in [2.75, 3.05) is 0 Å². The molecule has 8 heteroatoms. The van der Waals surface area contributed by atoms with Crippen molar-refractivity contribution in [3.05, 3.63) is 50.4 Å². The normalized spacial score (nSPS) is 10.9. The van der Waals surface area contributed by atoms with Crippen LogP contribution in [0.25, 0.3) is 0 Å². The summed E-state index contributed by atoms with van der Waals surface area (Å²) < 4.78 is 18.6. The molecule has 2 rings (SSSR count). The number of hydrazone groups is 1. The minimum atomic E-state index is -0.723. The molecule has 1 heterocycles. The minimum Gasteiger partial charge on any atom is -0.487 e. The topological polar surface area (TPSA) is 76.7 Å². The molecule has 0 spiro atoms. The zero-order valence-corrected chi connectivity index (χ0v) is 13.2. The van der Waals surface area contributed by atoms with Gasteiger partial charge in [-0.1, -0.05) is 11.6 Å². The molecule has 2 amide bonds. The van der Waals surface area contributed by atoms with Gasteiger partial charge in [-0.15, -0.1) is 11.3 Å².